The Kier molecular flexibility index (Phi) is 6.01. The number of hydrogen-bond acceptors (Lipinski definition) is 4. The number of nitrogens with one attached hydrogen (secondary N) is 2. The number of benzene rings is 1. The quantitative estimate of drug-likeness (QED) is 0.449. The molecular formula is C17H18BrN3O2S. The second-order valence-electron chi connectivity index (χ2n) is 5.42. The number of ether oxygens (including phenoxy) is 1. The standard InChI is InChI=1S/C17H18BrN3O2S/c18-13-5-3-12(4-6-13)16-8-7-15(23-16)11-20-21-17(24)19-10-14-2-1-9-22-14/h3-8,11,14H,1-2,9-10H2,(H2,19,21,24)/b20-11-/t14-/m1/s1. The van der Waals surface area contributed by atoms with Crippen LogP contribution in [0.25, 0.3) is 11.3 Å². The van der Waals surface area contributed by atoms with Crippen LogP contribution in [0.15, 0.2) is 50.4 Å². The number of hydrogen-bond donors (Lipinski definition) is 2. The zero-order valence-corrected chi connectivity index (χ0v) is 15.4. The van der Waals surface area contributed by atoms with E-state index in [2.05, 4.69) is 31.8 Å². The van der Waals surface area contributed by atoms with Crippen molar-refractivity contribution in [3.05, 3.63) is 46.6 Å². The second kappa shape index (κ2) is 8.41. The molecule has 0 amide bonds. The van der Waals surface area contributed by atoms with Gasteiger partial charge in [-0.2, -0.15) is 5.10 Å². The molecule has 1 fully saturated rings. The van der Waals surface area contributed by atoms with Gasteiger partial charge in [-0.05, 0) is 49.3 Å². The van der Waals surface area contributed by atoms with E-state index in [9.17, 15) is 0 Å². The highest BCUT2D eigenvalue weighted by Crippen LogP contribution is 2.23. The largest absolute Gasteiger partial charge is 0.455 e. The number of halogens is 1. The van der Waals surface area contributed by atoms with Crippen LogP contribution in [0.1, 0.15) is 18.6 Å². The van der Waals surface area contributed by atoms with E-state index in [1.807, 2.05) is 36.4 Å². The zero-order valence-electron chi connectivity index (χ0n) is 13.0. The molecule has 0 radical (unpaired) electrons. The van der Waals surface area contributed by atoms with Gasteiger partial charge in [0.15, 0.2) is 5.11 Å². The molecule has 2 aromatic rings. The molecule has 0 saturated carbocycles. The molecule has 1 aliphatic rings. The Morgan fingerprint density at radius 1 is 1.29 bits per heavy atom. The molecule has 7 heteroatoms. The lowest BCUT2D eigenvalue weighted by Crippen LogP contribution is -2.37. The highest BCUT2D eigenvalue weighted by Gasteiger charge is 2.15. The summed E-state index contributed by atoms with van der Waals surface area (Å²) in [5.41, 5.74) is 3.79. The van der Waals surface area contributed by atoms with Crippen LogP contribution in [0.2, 0.25) is 0 Å². The molecule has 2 heterocycles. The van der Waals surface area contributed by atoms with Gasteiger partial charge in [-0.15, -0.1) is 0 Å². The van der Waals surface area contributed by atoms with Crippen molar-refractivity contribution >= 4 is 39.5 Å². The fourth-order valence-electron chi connectivity index (χ4n) is 2.40. The van der Waals surface area contributed by atoms with Crippen LogP contribution >= 0.6 is 28.1 Å². The second-order valence-corrected chi connectivity index (χ2v) is 6.75. The van der Waals surface area contributed by atoms with E-state index in [0.29, 0.717) is 17.4 Å². The third kappa shape index (κ3) is 4.90. The SMILES string of the molecule is S=C(NC[C@H]1CCCO1)N/N=C\c1ccc(-c2ccc(Br)cc2)o1. The first-order valence-electron chi connectivity index (χ1n) is 7.75. The van der Waals surface area contributed by atoms with E-state index in [0.717, 1.165) is 35.2 Å². The Morgan fingerprint density at radius 2 is 2.12 bits per heavy atom. The van der Waals surface area contributed by atoms with Crippen LogP contribution in [0.4, 0.5) is 0 Å². The molecule has 126 valence electrons. The third-order valence-electron chi connectivity index (χ3n) is 3.63. The summed E-state index contributed by atoms with van der Waals surface area (Å²) < 4.78 is 12.3. The van der Waals surface area contributed by atoms with Crippen LogP contribution in [-0.2, 0) is 4.74 Å². The Bertz CT molecular complexity index is 709. The van der Waals surface area contributed by atoms with Gasteiger partial charge in [0.1, 0.15) is 11.5 Å². The first-order valence-corrected chi connectivity index (χ1v) is 8.95. The highest BCUT2D eigenvalue weighted by atomic mass is 79.9. The fourth-order valence-corrected chi connectivity index (χ4v) is 2.80. The molecule has 1 saturated heterocycles. The predicted molar refractivity (Wildman–Crippen MR) is 102 cm³/mol. The van der Waals surface area contributed by atoms with Gasteiger partial charge in [0.05, 0.1) is 12.3 Å². The average Bonchev–Trinajstić information content (AvgIpc) is 3.25. The lowest BCUT2D eigenvalue weighted by molar-refractivity contribution is 0.114. The van der Waals surface area contributed by atoms with Crippen molar-refractivity contribution in [3.63, 3.8) is 0 Å². The molecule has 24 heavy (non-hydrogen) atoms. The Balaban J connectivity index is 1.48. The molecule has 0 spiro atoms. The van der Waals surface area contributed by atoms with Gasteiger partial charge in [-0.1, -0.05) is 28.1 Å². The zero-order chi connectivity index (χ0) is 16.8. The molecule has 1 atom stereocenters. The monoisotopic (exact) mass is 407 g/mol. The molecule has 0 bridgehead atoms. The number of furan rings is 1. The molecule has 1 aromatic carbocycles. The number of nitrogens with zero attached hydrogens (tertiary/aromatic N) is 1. The lowest BCUT2D eigenvalue weighted by atomic mass is 10.2. The van der Waals surface area contributed by atoms with Gasteiger partial charge in [-0.3, -0.25) is 5.43 Å². The van der Waals surface area contributed by atoms with Crippen molar-refractivity contribution in [1.82, 2.24) is 10.7 Å². The summed E-state index contributed by atoms with van der Waals surface area (Å²) >= 11 is 8.59. The first kappa shape index (κ1) is 17.1. The van der Waals surface area contributed by atoms with Crippen molar-refractivity contribution in [2.45, 2.75) is 18.9 Å². The van der Waals surface area contributed by atoms with Crippen molar-refractivity contribution < 1.29 is 9.15 Å². The van der Waals surface area contributed by atoms with Crippen LogP contribution in [0.5, 0.6) is 0 Å². The molecule has 0 unspecified atom stereocenters. The highest BCUT2D eigenvalue weighted by molar-refractivity contribution is 9.10. The maximum absolute atomic E-state index is 5.74. The summed E-state index contributed by atoms with van der Waals surface area (Å²) in [5, 5.41) is 7.65. The topological polar surface area (TPSA) is 58.8 Å². The van der Waals surface area contributed by atoms with Gasteiger partial charge >= 0.3 is 0 Å². The number of rotatable bonds is 5. The smallest absolute Gasteiger partial charge is 0.187 e. The Hall–Kier alpha value is -1.70. The molecule has 1 aliphatic heterocycles. The van der Waals surface area contributed by atoms with Crippen molar-refractivity contribution in [3.8, 4) is 11.3 Å². The molecule has 5 nitrogen and oxygen atoms in total. The first-order chi connectivity index (χ1) is 11.7. The predicted octanol–water partition coefficient (Wildman–Crippen LogP) is 3.69. The van der Waals surface area contributed by atoms with Gasteiger partial charge < -0.3 is 14.5 Å². The Labute approximate surface area is 154 Å². The van der Waals surface area contributed by atoms with Crippen LogP contribution < -0.4 is 10.7 Å². The summed E-state index contributed by atoms with van der Waals surface area (Å²) in [6.07, 6.45) is 4.03. The summed E-state index contributed by atoms with van der Waals surface area (Å²) in [6, 6.07) is 11.7. The summed E-state index contributed by atoms with van der Waals surface area (Å²) in [4.78, 5) is 0. The van der Waals surface area contributed by atoms with Crippen LogP contribution in [-0.4, -0.2) is 30.6 Å². The minimum atomic E-state index is 0.243. The van der Waals surface area contributed by atoms with E-state index in [1.165, 1.54) is 0 Å². The van der Waals surface area contributed by atoms with Crippen molar-refractivity contribution in [1.29, 1.82) is 0 Å². The summed E-state index contributed by atoms with van der Waals surface area (Å²) in [7, 11) is 0. The molecule has 0 aliphatic carbocycles. The van der Waals surface area contributed by atoms with E-state index < -0.39 is 0 Å². The number of hydrazone groups is 1. The van der Waals surface area contributed by atoms with Gasteiger partial charge in [0.2, 0.25) is 0 Å². The lowest BCUT2D eigenvalue weighted by Gasteiger charge is -2.11. The van der Waals surface area contributed by atoms with E-state index in [-0.39, 0.29) is 6.10 Å². The normalized spacial score (nSPS) is 17.3. The van der Waals surface area contributed by atoms with Gasteiger partial charge in [0, 0.05) is 23.2 Å². The summed E-state index contributed by atoms with van der Waals surface area (Å²) in [6.45, 7) is 1.54. The molecular weight excluding hydrogens is 390 g/mol. The van der Waals surface area contributed by atoms with Crippen LogP contribution in [0.3, 0.4) is 0 Å². The van der Waals surface area contributed by atoms with Crippen LogP contribution in [0, 0.1) is 0 Å². The van der Waals surface area contributed by atoms with E-state index in [4.69, 9.17) is 21.4 Å². The maximum atomic E-state index is 5.74. The third-order valence-corrected chi connectivity index (χ3v) is 4.39. The average molecular weight is 408 g/mol. The number of thiocarbonyl (C=S) groups is 1. The molecule has 3 rings (SSSR count). The van der Waals surface area contributed by atoms with Gasteiger partial charge in [0.25, 0.3) is 0 Å². The van der Waals surface area contributed by atoms with Gasteiger partial charge in [-0.25, -0.2) is 0 Å². The fraction of sp³-hybridized carbons (Fsp3) is 0.294. The maximum Gasteiger partial charge on any atom is 0.187 e. The molecule has 2 N–H and O–H groups in total. The van der Waals surface area contributed by atoms with E-state index >= 15 is 0 Å². The van der Waals surface area contributed by atoms with Crippen molar-refractivity contribution in [2.75, 3.05) is 13.2 Å². The minimum Gasteiger partial charge on any atom is -0.455 e. The molecule has 1 aromatic heterocycles. The van der Waals surface area contributed by atoms with Crippen molar-refractivity contribution in [2.24, 2.45) is 5.10 Å². The minimum absolute atomic E-state index is 0.243. The van der Waals surface area contributed by atoms with E-state index in [1.54, 1.807) is 6.21 Å². The summed E-state index contributed by atoms with van der Waals surface area (Å²) in [5.74, 6) is 1.45. The Morgan fingerprint density at radius 3 is 2.88 bits per heavy atom.